The van der Waals surface area contributed by atoms with Gasteiger partial charge in [0.25, 0.3) is 5.91 Å². The third-order valence-electron chi connectivity index (χ3n) is 3.30. The number of nitrogens with zero attached hydrogens (tertiary/aromatic N) is 1. The van der Waals surface area contributed by atoms with Crippen molar-refractivity contribution in [1.29, 1.82) is 0 Å². The molecule has 26 heavy (non-hydrogen) atoms. The van der Waals surface area contributed by atoms with Crippen molar-refractivity contribution in [3.8, 4) is 0 Å². The highest BCUT2D eigenvalue weighted by Gasteiger charge is 2.14. The summed E-state index contributed by atoms with van der Waals surface area (Å²) in [7, 11) is 2.90. The molecule has 0 radical (unpaired) electrons. The Morgan fingerprint density at radius 1 is 1.15 bits per heavy atom. The Labute approximate surface area is 152 Å². The van der Waals surface area contributed by atoms with Crippen LogP contribution in [-0.2, 0) is 23.9 Å². The summed E-state index contributed by atoms with van der Waals surface area (Å²) >= 11 is 0. The van der Waals surface area contributed by atoms with E-state index in [2.05, 4.69) is 10.6 Å². The van der Waals surface area contributed by atoms with Crippen molar-refractivity contribution in [3.05, 3.63) is 42.0 Å². The van der Waals surface area contributed by atoms with E-state index in [0.29, 0.717) is 0 Å². The first-order chi connectivity index (χ1) is 12.4. The molecule has 0 heterocycles. The number of carbonyl (C=O) groups is 4. The summed E-state index contributed by atoms with van der Waals surface area (Å²) < 4.78 is 4.82. The number of esters is 1. The molecule has 2 N–H and O–H groups in total. The SMILES string of the molecule is CNC(=O)CN(C)C(=O)COC(=O)CCNC(=O)/C=C/c1ccccc1. The molecule has 0 spiro atoms. The molecular formula is C18H23N3O5. The average Bonchev–Trinajstić information content (AvgIpc) is 2.65. The van der Waals surface area contributed by atoms with E-state index in [1.54, 1.807) is 6.08 Å². The van der Waals surface area contributed by atoms with Crippen molar-refractivity contribution in [2.45, 2.75) is 6.42 Å². The van der Waals surface area contributed by atoms with Gasteiger partial charge >= 0.3 is 5.97 Å². The minimum absolute atomic E-state index is 0.0582. The van der Waals surface area contributed by atoms with Crippen LogP contribution in [0.25, 0.3) is 6.08 Å². The van der Waals surface area contributed by atoms with Crippen LogP contribution in [0.4, 0.5) is 0 Å². The maximum atomic E-state index is 11.7. The highest BCUT2D eigenvalue weighted by molar-refractivity contribution is 5.92. The molecule has 0 bridgehead atoms. The van der Waals surface area contributed by atoms with E-state index in [1.807, 2.05) is 30.3 Å². The first-order valence-corrected chi connectivity index (χ1v) is 8.03. The van der Waals surface area contributed by atoms with Gasteiger partial charge in [0.2, 0.25) is 11.8 Å². The van der Waals surface area contributed by atoms with Crippen LogP contribution in [0.5, 0.6) is 0 Å². The normalized spacial score (nSPS) is 10.2. The maximum absolute atomic E-state index is 11.7. The van der Waals surface area contributed by atoms with E-state index < -0.39 is 18.5 Å². The van der Waals surface area contributed by atoms with E-state index in [0.717, 1.165) is 10.5 Å². The minimum atomic E-state index is -0.612. The van der Waals surface area contributed by atoms with Gasteiger partial charge in [-0.05, 0) is 11.6 Å². The van der Waals surface area contributed by atoms with Crippen molar-refractivity contribution in [2.24, 2.45) is 0 Å². The first kappa shape index (κ1) is 20.9. The summed E-state index contributed by atoms with van der Waals surface area (Å²) in [5, 5.41) is 4.94. The fourth-order valence-electron chi connectivity index (χ4n) is 1.79. The number of hydrogen-bond donors (Lipinski definition) is 2. The molecule has 1 aromatic carbocycles. The van der Waals surface area contributed by atoms with Crippen LogP contribution < -0.4 is 10.6 Å². The third-order valence-corrected chi connectivity index (χ3v) is 3.30. The lowest BCUT2D eigenvalue weighted by atomic mass is 10.2. The van der Waals surface area contributed by atoms with E-state index in [-0.39, 0.29) is 31.3 Å². The average molecular weight is 361 g/mol. The monoisotopic (exact) mass is 361 g/mol. The number of carbonyl (C=O) groups excluding carboxylic acids is 4. The number of hydrogen-bond acceptors (Lipinski definition) is 5. The summed E-state index contributed by atoms with van der Waals surface area (Å²) in [5.74, 6) is -1.75. The summed E-state index contributed by atoms with van der Waals surface area (Å²) in [6.45, 7) is -0.468. The maximum Gasteiger partial charge on any atom is 0.308 e. The van der Waals surface area contributed by atoms with Gasteiger partial charge in [-0.2, -0.15) is 0 Å². The van der Waals surface area contributed by atoms with Crippen molar-refractivity contribution >= 4 is 29.8 Å². The Morgan fingerprint density at radius 3 is 2.50 bits per heavy atom. The van der Waals surface area contributed by atoms with Crippen LogP contribution in [-0.4, -0.2) is 62.4 Å². The fourth-order valence-corrected chi connectivity index (χ4v) is 1.79. The molecule has 1 aromatic rings. The molecule has 0 fully saturated rings. The predicted octanol–water partition coefficient (Wildman–Crippen LogP) is -0.0463. The van der Waals surface area contributed by atoms with Gasteiger partial charge < -0.3 is 20.3 Å². The van der Waals surface area contributed by atoms with Gasteiger partial charge in [-0.15, -0.1) is 0 Å². The largest absolute Gasteiger partial charge is 0.456 e. The number of rotatable bonds is 9. The molecule has 0 aliphatic heterocycles. The summed E-state index contributed by atoms with van der Waals surface area (Å²) in [4.78, 5) is 47.2. The Balaban J connectivity index is 2.21. The lowest BCUT2D eigenvalue weighted by Gasteiger charge is -2.15. The van der Waals surface area contributed by atoms with Gasteiger partial charge in [0.1, 0.15) is 0 Å². The van der Waals surface area contributed by atoms with Crippen LogP contribution in [0.1, 0.15) is 12.0 Å². The molecule has 3 amide bonds. The van der Waals surface area contributed by atoms with Gasteiger partial charge in [0.05, 0.1) is 13.0 Å². The van der Waals surface area contributed by atoms with Crippen molar-refractivity contribution in [3.63, 3.8) is 0 Å². The van der Waals surface area contributed by atoms with Gasteiger partial charge in [-0.25, -0.2) is 0 Å². The van der Waals surface area contributed by atoms with Gasteiger partial charge in [0.15, 0.2) is 6.61 Å². The molecule has 0 saturated carbocycles. The van der Waals surface area contributed by atoms with Crippen LogP contribution >= 0.6 is 0 Å². The summed E-state index contributed by atoms with van der Waals surface area (Å²) in [5.41, 5.74) is 0.890. The lowest BCUT2D eigenvalue weighted by Crippen LogP contribution is -2.39. The molecule has 1 rings (SSSR count). The molecule has 0 aliphatic rings. The third kappa shape index (κ3) is 8.62. The number of ether oxygens (including phenoxy) is 1. The number of nitrogens with one attached hydrogen (secondary N) is 2. The van der Waals surface area contributed by atoms with Crippen molar-refractivity contribution in [2.75, 3.05) is 33.8 Å². The molecule has 8 nitrogen and oxygen atoms in total. The van der Waals surface area contributed by atoms with Gasteiger partial charge in [0, 0.05) is 26.7 Å². The van der Waals surface area contributed by atoms with Crippen molar-refractivity contribution < 1.29 is 23.9 Å². The van der Waals surface area contributed by atoms with Crippen LogP contribution in [0.3, 0.4) is 0 Å². The Kier molecular flexibility index (Phi) is 9.16. The quantitative estimate of drug-likeness (QED) is 0.474. The zero-order valence-electron chi connectivity index (χ0n) is 14.9. The van der Waals surface area contributed by atoms with Gasteiger partial charge in [-0.1, -0.05) is 30.3 Å². The topological polar surface area (TPSA) is 105 Å². The van der Waals surface area contributed by atoms with Gasteiger partial charge in [-0.3, -0.25) is 19.2 Å². The van der Waals surface area contributed by atoms with E-state index >= 15 is 0 Å². The zero-order valence-corrected chi connectivity index (χ0v) is 14.9. The second-order valence-corrected chi connectivity index (χ2v) is 5.37. The Hall–Kier alpha value is -3.16. The van der Waals surface area contributed by atoms with E-state index in [4.69, 9.17) is 4.74 Å². The number of likely N-dealkylation sites (N-methyl/N-ethyl adjacent to an activating group) is 2. The lowest BCUT2D eigenvalue weighted by molar-refractivity contribution is -0.151. The van der Waals surface area contributed by atoms with Crippen LogP contribution in [0.15, 0.2) is 36.4 Å². The molecule has 0 aliphatic carbocycles. The molecule has 0 atom stereocenters. The second-order valence-electron chi connectivity index (χ2n) is 5.37. The standard InChI is InChI=1S/C18H23N3O5/c1-19-16(23)12-21(2)17(24)13-26-18(25)10-11-20-15(22)9-8-14-6-4-3-5-7-14/h3-9H,10-13H2,1-2H3,(H,19,23)(H,20,22)/b9-8+. The second kappa shape index (κ2) is 11.4. The molecule has 8 heteroatoms. The highest BCUT2D eigenvalue weighted by Crippen LogP contribution is 2.00. The molecule has 140 valence electrons. The summed E-state index contributed by atoms with van der Waals surface area (Å²) in [6, 6.07) is 9.32. The fraction of sp³-hybridized carbons (Fsp3) is 0.333. The smallest absolute Gasteiger partial charge is 0.308 e. The van der Waals surface area contributed by atoms with E-state index in [9.17, 15) is 19.2 Å². The number of benzene rings is 1. The zero-order chi connectivity index (χ0) is 19.4. The highest BCUT2D eigenvalue weighted by atomic mass is 16.5. The molecule has 0 aromatic heterocycles. The van der Waals surface area contributed by atoms with E-state index in [1.165, 1.54) is 20.2 Å². The number of amides is 3. The first-order valence-electron chi connectivity index (χ1n) is 8.03. The summed E-state index contributed by atoms with van der Waals surface area (Å²) in [6.07, 6.45) is 2.98. The predicted molar refractivity (Wildman–Crippen MR) is 95.8 cm³/mol. The molecule has 0 saturated heterocycles. The molecular weight excluding hydrogens is 338 g/mol. The van der Waals surface area contributed by atoms with Crippen molar-refractivity contribution in [1.82, 2.24) is 15.5 Å². The Morgan fingerprint density at radius 2 is 1.85 bits per heavy atom. The van der Waals surface area contributed by atoms with Crippen LogP contribution in [0, 0.1) is 0 Å². The molecule has 0 unspecified atom stereocenters. The van der Waals surface area contributed by atoms with Crippen LogP contribution in [0.2, 0.25) is 0 Å². The minimum Gasteiger partial charge on any atom is -0.456 e. The Bertz CT molecular complexity index is 658.